The van der Waals surface area contributed by atoms with Crippen molar-refractivity contribution in [3.8, 4) is 5.75 Å². The monoisotopic (exact) mass is 645 g/mol. The molecule has 250 valence electrons. The van der Waals surface area contributed by atoms with E-state index in [1.165, 1.54) is 10.5 Å². The van der Waals surface area contributed by atoms with Crippen molar-refractivity contribution in [1.29, 1.82) is 0 Å². The van der Waals surface area contributed by atoms with Gasteiger partial charge in [0.25, 0.3) is 0 Å². The number of anilines is 2. The molecule has 1 amide bonds. The second-order valence-electron chi connectivity index (χ2n) is 14.0. The lowest BCUT2D eigenvalue weighted by molar-refractivity contribution is -0.181. The van der Waals surface area contributed by atoms with Crippen LogP contribution in [-0.4, -0.2) is 108 Å². The van der Waals surface area contributed by atoms with Crippen molar-refractivity contribution < 1.29 is 34.2 Å². The highest BCUT2D eigenvalue weighted by Gasteiger charge is 2.69. The zero-order chi connectivity index (χ0) is 33.9. The number of carbonyl (C=O) groups is 5. The number of carbonyl (C=O) groups excluding carboxylic acids is 5. The third-order valence-corrected chi connectivity index (χ3v) is 10.7. The fourth-order valence-corrected chi connectivity index (χ4v) is 8.46. The van der Waals surface area contributed by atoms with Crippen LogP contribution in [0.1, 0.15) is 40.7 Å². The molecule has 2 saturated carbocycles. The number of amides is 1. The van der Waals surface area contributed by atoms with E-state index in [0.29, 0.717) is 16.9 Å². The Hall–Kier alpha value is -4.13. The molecular formula is C35H43N5O7. The Labute approximate surface area is 273 Å². The zero-order valence-electron chi connectivity index (χ0n) is 27.2. The maximum atomic E-state index is 14.3. The Morgan fingerprint density at radius 3 is 2.30 bits per heavy atom. The number of likely N-dealkylation sites (N-methyl/N-ethyl adjacent to an activating group) is 1. The van der Waals surface area contributed by atoms with Crippen molar-refractivity contribution in [1.82, 2.24) is 9.80 Å². The lowest BCUT2D eigenvalue weighted by atomic mass is 9.52. The van der Waals surface area contributed by atoms with Crippen LogP contribution in [-0.2, 0) is 32.1 Å². The summed E-state index contributed by atoms with van der Waals surface area (Å²) in [6.45, 7) is 2.56. The van der Waals surface area contributed by atoms with E-state index in [-0.39, 0.29) is 30.2 Å². The molecule has 4 aliphatic rings. The zero-order valence-corrected chi connectivity index (χ0v) is 27.2. The molecule has 12 heteroatoms. The fraction of sp³-hybridized carbons (Fsp3) is 0.514. The normalized spacial score (nSPS) is 29.7. The van der Waals surface area contributed by atoms with Crippen LogP contribution in [0.25, 0.3) is 0 Å². The van der Waals surface area contributed by atoms with Gasteiger partial charge in [-0.1, -0.05) is 30.3 Å². The third-order valence-electron chi connectivity index (χ3n) is 10.7. The number of nitrogens with two attached hydrogens (primary N) is 1. The molecule has 0 bridgehead atoms. The molecule has 1 heterocycles. The van der Waals surface area contributed by atoms with Gasteiger partial charge in [-0.05, 0) is 62.9 Å². The number of aliphatic hydroxyl groups is 1. The van der Waals surface area contributed by atoms with E-state index in [1.54, 1.807) is 14.1 Å². The van der Waals surface area contributed by atoms with E-state index in [9.17, 15) is 34.2 Å². The number of phenolic OH excluding ortho intramolecular Hbond substituents is 1. The van der Waals surface area contributed by atoms with Crippen molar-refractivity contribution in [3.63, 3.8) is 0 Å². The van der Waals surface area contributed by atoms with Crippen molar-refractivity contribution in [3.05, 3.63) is 53.1 Å². The number of rotatable bonds is 7. The Bertz CT molecular complexity index is 1630. The Kier molecular flexibility index (Phi) is 8.48. The van der Waals surface area contributed by atoms with Gasteiger partial charge in [-0.25, -0.2) is 0 Å². The molecule has 6 rings (SSSR count). The van der Waals surface area contributed by atoms with E-state index in [4.69, 9.17) is 5.73 Å². The minimum Gasteiger partial charge on any atom is -0.505 e. The Morgan fingerprint density at radius 1 is 1.04 bits per heavy atom. The predicted octanol–water partition coefficient (Wildman–Crippen LogP) is 1.01. The number of benzene rings is 2. The van der Waals surface area contributed by atoms with Crippen LogP contribution >= 0.6 is 0 Å². The number of phenols is 1. The van der Waals surface area contributed by atoms with Crippen molar-refractivity contribution >= 4 is 40.4 Å². The summed E-state index contributed by atoms with van der Waals surface area (Å²) < 4.78 is 0. The van der Waals surface area contributed by atoms with Gasteiger partial charge >= 0.3 is 0 Å². The number of likely N-dealkylation sites (tertiary alicyclic amines) is 1. The number of primary amides is 1. The summed E-state index contributed by atoms with van der Waals surface area (Å²) in [6, 6.07) is 11.0. The lowest BCUT2D eigenvalue weighted by Gasteiger charge is -2.52. The second-order valence-corrected chi connectivity index (χ2v) is 14.0. The average Bonchev–Trinajstić information content (AvgIpc) is 3.01. The molecule has 0 aromatic heterocycles. The van der Waals surface area contributed by atoms with Crippen LogP contribution in [0.2, 0.25) is 0 Å². The second kappa shape index (κ2) is 12.1. The van der Waals surface area contributed by atoms with Crippen molar-refractivity contribution in [2.75, 3.05) is 51.5 Å². The van der Waals surface area contributed by atoms with Crippen LogP contribution in [0.5, 0.6) is 5.75 Å². The smallest absolute Gasteiger partial charge is 0.235 e. The molecule has 2 unspecified atom stereocenters. The number of piperidine rings is 1. The molecule has 3 fully saturated rings. The van der Waals surface area contributed by atoms with Crippen molar-refractivity contribution in [2.24, 2.45) is 29.4 Å². The van der Waals surface area contributed by atoms with Gasteiger partial charge in [0.2, 0.25) is 5.91 Å². The van der Waals surface area contributed by atoms with Crippen LogP contribution in [0.3, 0.4) is 0 Å². The molecule has 12 nitrogen and oxygen atoms in total. The standard InChI is InChI=1S/C35H43N5O7/c1-38(2)24-16-23(37-20-10-12-40(13-11-20)17-18-8-6-5-7-9-18)29(41)26-21(24)14-19-15-22-28(39(3)4)31(43)27(34(36)46)33(45)35(22,47)32(44)25(19)30(26)42/h5-9,16,19-20,22,25,27-28,37,41,47H,10-15,17H2,1-4H3,(H2,36,46)/t19-,22-,25?,27?,28-,35-/m0/s1. The molecule has 0 radical (unpaired) electrons. The molecule has 0 spiro atoms. The first-order chi connectivity index (χ1) is 22.2. The van der Waals surface area contributed by atoms with Gasteiger partial charge in [-0.3, -0.25) is 33.8 Å². The van der Waals surface area contributed by atoms with E-state index >= 15 is 0 Å². The lowest BCUT2D eigenvalue weighted by Crippen LogP contribution is -2.74. The van der Waals surface area contributed by atoms with Crippen molar-refractivity contribution in [2.45, 2.75) is 49.9 Å². The van der Waals surface area contributed by atoms with Gasteiger partial charge in [0.05, 0.1) is 23.2 Å². The van der Waals surface area contributed by atoms with Crippen LogP contribution in [0.15, 0.2) is 36.4 Å². The summed E-state index contributed by atoms with van der Waals surface area (Å²) in [6.07, 6.45) is 1.87. The number of fused-ring (bicyclic) bond motifs is 3. The number of nitrogens with one attached hydrogen (secondary N) is 1. The SMILES string of the molecule is CN(C)c1cc(NC2CCN(Cc3ccccc3)CC2)c(O)c2c1C[C@H]1C[C@H]3[C@H](N(C)C)C(=O)C(C(N)=O)C(=O)[C@@]3(O)C(=O)C1C2=O. The summed E-state index contributed by atoms with van der Waals surface area (Å²) in [7, 11) is 6.81. The number of ketones is 4. The van der Waals surface area contributed by atoms with Gasteiger partial charge in [0.1, 0.15) is 5.75 Å². The van der Waals surface area contributed by atoms with Crippen LogP contribution < -0.4 is 16.0 Å². The molecular weight excluding hydrogens is 602 g/mol. The highest BCUT2D eigenvalue weighted by Crippen LogP contribution is 2.53. The topological polar surface area (TPSA) is 174 Å². The molecule has 2 aromatic carbocycles. The number of aromatic hydroxyl groups is 1. The van der Waals surface area contributed by atoms with Gasteiger partial charge < -0.3 is 26.2 Å². The minimum absolute atomic E-state index is 0.00758. The summed E-state index contributed by atoms with van der Waals surface area (Å²) >= 11 is 0. The molecule has 47 heavy (non-hydrogen) atoms. The number of nitrogens with zero attached hydrogens (tertiary/aromatic N) is 3. The molecule has 2 aromatic rings. The third kappa shape index (κ3) is 5.32. The van der Waals surface area contributed by atoms with Gasteiger partial charge in [0.15, 0.2) is 34.7 Å². The molecule has 5 N–H and O–H groups in total. The number of Topliss-reactive ketones (excluding diaryl/α,β-unsaturated/α-hetero) is 4. The number of hydrogen-bond acceptors (Lipinski definition) is 11. The fourth-order valence-electron chi connectivity index (χ4n) is 8.46. The highest BCUT2D eigenvalue weighted by molar-refractivity contribution is 6.32. The van der Waals surface area contributed by atoms with Crippen LogP contribution in [0.4, 0.5) is 11.4 Å². The summed E-state index contributed by atoms with van der Waals surface area (Å²) in [4.78, 5) is 73.4. The maximum Gasteiger partial charge on any atom is 0.235 e. The number of hydrogen-bond donors (Lipinski definition) is 4. The minimum atomic E-state index is -2.75. The average molecular weight is 646 g/mol. The largest absolute Gasteiger partial charge is 0.505 e. The van der Waals surface area contributed by atoms with E-state index in [2.05, 4.69) is 22.3 Å². The summed E-state index contributed by atoms with van der Waals surface area (Å²) in [5.74, 6) is -10.5. The first-order valence-corrected chi connectivity index (χ1v) is 16.2. The maximum absolute atomic E-state index is 14.3. The Morgan fingerprint density at radius 2 is 1.70 bits per heavy atom. The molecule has 6 atom stereocenters. The predicted molar refractivity (Wildman–Crippen MR) is 174 cm³/mol. The van der Waals surface area contributed by atoms with E-state index < -0.39 is 64.4 Å². The highest BCUT2D eigenvalue weighted by atomic mass is 16.3. The molecule has 1 saturated heterocycles. The van der Waals surface area contributed by atoms with Gasteiger partial charge in [-0.2, -0.15) is 0 Å². The van der Waals surface area contributed by atoms with E-state index in [1.807, 2.05) is 43.3 Å². The summed E-state index contributed by atoms with van der Waals surface area (Å²) in [5, 5.41) is 26.9. The van der Waals surface area contributed by atoms with Crippen LogP contribution in [0, 0.1) is 23.7 Å². The Balaban J connectivity index is 1.31. The van der Waals surface area contributed by atoms with Gasteiger partial charge in [0, 0.05) is 51.4 Å². The first-order valence-electron chi connectivity index (χ1n) is 16.2. The summed E-state index contributed by atoms with van der Waals surface area (Å²) in [5.41, 5.74) is 5.57. The van der Waals surface area contributed by atoms with E-state index in [0.717, 1.165) is 32.5 Å². The van der Waals surface area contributed by atoms with Gasteiger partial charge in [-0.15, -0.1) is 0 Å². The quantitative estimate of drug-likeness (QED) is 0.250. The molecule has 1 aliphatic heterocycles. The first kappa shape index (κ1) is 32.8. The molecule has 3 aliphatic carbocycles.